The van der Waals surface area contributed by atoms with Gasteiger partial charge < -0.3 is 19.8 Å². The quantitative estimate of drug-likeness (QED) is 0.513. The predicted octanol–water partition coefficient (Wildman–Crippen LogP) is 1.90. The van der Waals surface area contributed by atoms with Gasteiger partial charge >= 0.3 is 17.1 Å². The predicted molar refractivity (Wildman–Crippen MR) is 76.6 cm³/mol. The third kappa shape index (κ3) is 18.0. The molecule has 0 aliphatic rings. The van der Waals surface area contributed by atoms with E-state index < -0.39 is 11.9 Å². The maximum absolute atomic E-state index is 10.3. The second kappa shape index (κ2) is 21.0. The summed E-state index contributed by atoms with van der Waals surface area (Å²) in [4.78, 5) is 20.7. The number of carboxylic acid groups (broad SMARTS) is 2. The summed E-state index contributed by atoms with van der Waals surface area (Å²) in [5, 5.41) is 20.7. The zero-order valence-electron chi connectivity index (χ0n) is 14.0. The van der Waals surface area contributed by atoms with Crippen molar-refractivity contribution in [1.29, 1.82) is 0 Å². The first-order valence-electron chi connectivity index (χ1n) is 7.86. The molecular formula is C16H30Cu2O4. The first kappa shape index (κ1) is 29.9. The van der Waals surface area contributed by atoms with Gasteiger partial charge in [-0.25, -0.2) is 0 Å². The zero-order chi connectivity index (χ0) is 16.0. The third-order valence-electron chi connectivity index (χ3n) is 3.46. The van der Waals surface area contributed by atoms with Crippen molar-refractivity contribution in [3.05, 3.63) is 0 Å². The fourth-order valence-corrected chi connectivity index (χ4v) is 1.88. The molecule has 0 fully saturated rings. The van der Waals surface area contributed by atoms with Crippen molar-refractivity contribution in [2.75, 3.05) is 0 Å². The summed E-state index contributed by atoms with van der Waals surface area (Å²) >= 11 is 0. The first-order chi connectivity index (χ1) is 9.44. The minimum atomic E-state index is -0.893. The van der Waals surface area contributed by atoms with Gasteiger partial charge in [-0.3, -0.25) is 0 Å². The molecule has 140 valence electrons. The Morgan fingerprint density at radius 1 is 0.773 bits per heavy atom. The Kier molecular flexibility index (Phi) is 28.5. The average Bonchev–Trinajstić information content (AvgIpc) is 2.40. The standard InChI is InChI=1S/2C8H16O2.2Cu/c2*1-3-5-6-7(4-2)8(9)10;;/h2*7H,3-6H2,1-2H3,(H,9,10);;/q;;;+2/p-2. The molecule has 2 atom stereocenters. The van der Waals surface area contributed by atoms with E-state index >= 15 is 0 Å². The van der Waals surface area contributed by atoms with Crippen LogP contribution in [0.5, 0.6) is 0 Å². The van der Waals surface area contributed by atoms with Gasteiger partial charge in [0.15, 0.2) is 0 Å². The largest absolute Gasteiger partial charge is 2.00 e. The second-order valence-electron chi connectivity index (χ2n) is 5.13. The number of hydrogen-bond donors (Lipinski definition) is 0. The average molecular weight is 414 g/mol. The Morgan fingerprint density at radius 2 is 1.05 bits per heavy atom. The molecule has 2 unspecified atom stereocenters. The fraction of sp³-hybridized carbons (Fsp3) is 0.875. The minimum Gasteiger partial charge on any atom is -0.550 e. The van der Waals surface area contributed by atoms with E-state index in [4.69, 9.17) is 0 Å². The Balaban J connectivity index is -0.000000135. The number of hydrogen-bond acceptors (Lipinski definition) is 4. The van der Waals surface area contributed by atoms with Gasteiger partial charge in [0.1, 0.15) is 0 Å². The molecule has 0 aromatic rings. The van der Waals surface area contributed by atoms with Gasteiger partial charge in [0.25, 0.3) is 0 Å². The molecule has 0 spiro atoms. The molecule has 4 nitrogen and oxygen atoms in total. The molecule has 0 aromatic carbocycles. The molecule has 0 heterocycles. The van der Waals surface area contributed by atoms with E-state index in [0.29, 0.717) is 12.8 Å². The molecule has 0 saturated carbocycles. The van der Waals surface area contributed by atoms with E-state index in [1.165, 1.54) is 0 Å². The Labute approximate surface area is 156 Å². The number of rotatable bonds is 10. The van der Waals surface area contributed by atoms with Crippen molar-refractivity contribution >= 4 is 11.9 Å². The molecular weight excluding hydrogens is 383 g/mol. The van der Waals surface area contributed by atoms with Crippen LogP contribution in [0.3, 0.4) is 0 Å². The topological polar surface area (TPSA) is 80.3 Å². The zero-order valence-corrected chi connectivity index (χ0v) is 15.9. The van der Waals surface area contributed by atoms with Crippen LogP contribution in [0.25, 0.3) is 0 Å². The fourth-order valence-electron chi connectivity index (χ4n) is 1.88. The van der Waals surface area contributed by atoms with Crippen LogP contribution in [0.1, 0.15) is 79.1 Å². The van der Waals surface area contributed by atoms with Crippen LogP contribution >= 0.6 is 0 Å². The maximum atomic E-state index is 10.3. The Hall–Kier alpha value is -0.0210. The summed E-state index contributed by atoms with van der Waals surface area (Å²) in [7, 11) is 0. The molecule has 0 aromatic heterocycles. The van der Waals surface area contributed by atoms with Crippen molar-refractivity contribution in [1.82, 2.24) is 0 Å². The minimum absolute atomic E-state index is 0. The van der Waals surface area contributed by atoms with Crippen molar-refractivity contribution < 1.29 is 53.9 Å². The molecule has 0 bridgehead atoms. The van der Waals surface area contributed by atoms with Crippen molar-refractivity contribution in [3.8, 4) is 0 Å². The number of carbonyl (C=O) groups excluding carboxylic acids is 2. The summed E-state index contributed by atoms with van der Waals surface area (Å²) in [6.45, 7) is 7.89. The van der Waals surface area contributed by atoms with Gasteiger partial charge in [-0.1, -0.05) is 53.4 Å². The van der Waals surface area contributed by atoms with Gasteiger partial charge in [-0.05, 0) is 37.5 Å². The molecule has 0 aliphatic carbocycles. The van der Waals surface area contributed by atoms with E-state index in [-0.39, 0.29) is 46.0 Å². The summed E-state index contributed by atoms with van der Waals surface area (Å²) in [5.74, 6) is -2.23. The Morgan fingerprint density at radius 3 is 1.18 bits per heavy atom. The van der Waals surface area contributed by atoms with Crippen molar-refractivity contribution in [2.45, 2.75) is 79.1 Å². The van der Waals surface area contributed by atoms with Gasteiger partial charge in [0, 0.05) is 29.0 Å². The molecule has 6 heteroatoms. The maximum Gasteiger partial charge on any atom is 2.00 e. The van der Waals surface area contributed by atoms with E-state index in [1.54, 1.807) is 0 Å². The van der Waals surface area contributed by atoms with Crippen LogP contribution in [0.15, 0.2) is 0 Å². The Bertz CT molecular complexity index is 235. The number of unbranched alkanes of at least 4 members (excludes halogenated alkanes) is 2. The smallest absolute Gasteiger partial charge is 0.550 e. The molecule has 0 amide bonds. The van der Waals surface area contributed by atoms with Gasteiger partial charge in [0.05, 0.1) is 0 Å². The molecule has 0 rings (SSSR count). The number of carboxylic acids is 2. The molecule has 0 saturated heterocycles. The SMILES string of the molecule is CCCCC(CC)C(=O)[O-].CCCCC(CC)C(=O)[O-].[Cu+2].[Cu]. The third-order valence-corrected chi connectivity index (χ3v) is 3.46. The molecule has 0 N–H and O–H groups in total. The van der Waals surface area contributed by atoms with Crippen LogP contribution < -0.4 is 10.2 Å². The van der Waals surface area contributed by atoms with Gasteiger partial charge in [-0.2, -0.15) is 0 Å². The van der Waals surface area contributed by atoms with E-state index in [9.17, 15) is 19.8 Å². The van der Waals surface area contributed by atoms with Crippen molar-refractivity contribution in [2.24, 2.45) is 11.8 Å². The van der Waals surface area contributed by atoms with Gasteiger partial charge in [-0.15, -0.1) is 0 Å². The van der Waals surface area contributed by atoms with Crippen LogP contribution in [-0.4, -0.2) is 11.9 Å². The first-order valence-corrected chi connectivity index (χ1v) is 7.86. The summed E-state index contributed by atoms with van der Waals surface area (Å²) < 4.78 is 0. The van der Waals surface area contributed by atoms with E-state index in [0.717, 1.165) is 38.5 Å². The molecule has 2 radical (unpaired) electrons. The summed E-state index contributed by atoms with van der Waals surface area (Å²) in [6.07, 6.45) is 7.04. The van der Waals surface area contributed by atoms with E-state index in [1.807, 2.05) is 13.8 Å². The van der Waals surface area contributed by atoms with Gasteiger partial charge in [0.2, 0.25) is 0 Å². The van der Waals surface area contributed by atoms with Crippen LogP contribution in [0.2, 0.25) is 0 Å². The molecule has 22 heavy (non-hydrogen) atoms. The number of aliphatic carboxylic acids is 2. The number of carbonyl (C=O) groups is 2. The van der Waals surface area contributed by atoms with Crippen molar-refractivity contribution in [3.63, 3.8) is 0 Å². The monoisotopic (exact) mass is 412 g/mol. The second-order valence-corrected chi connectivity index (χ2v) is 5.13. The molecule has 0 aliphatic heterocycles. The van der Waals surface area contributed by atoms with Crippen LogP contribution in [0.4, 0.5) is 0 Å². The summed E-state index contributed by atoms with van der Waals surface area (Å²) in [6, 6.07) is 0. The van der Waals surface area contributed by atoms with E-state index in [2.05, 4.69) is 13.8 Å². The van der Waals surface area contributed by atoms with Crippen LogP contribution in [-0.2, 0) is 43.7 Å². The summed E-state index contributed by atoms with van der Waals surface area (Å²) in [5.41, 5.74) is 0. The van der Waals surface area contributed by atoms with Crippen LogP contribution in [0, 0.1) is 11.8 Å². The normalized spacial score (nSPS) is 11.8.